The van der Waals surface area contributed by atoms with Gasteiger partial charge in [-0.1, -0.05) is 41.4 Å². The molecule has 0 spiro atoms. The lowest BCUT2D eigenvalue weighted by molar-refractivity contribution is 0.0847. The lowest BCUT2D eigenvalue weighted by Crippen LogP contribution is -2.35. The number of para-hydroxylation sites is 1. The Morgan fingerprint density at radius 1 is 1.24 bits per heavy atom. The van der Waals surface area contributed by atoms with Crippen LogP contribution in [0.3, 0.4) is 0 Å². The first-order valence-electron chi connectivity index (χ1n) is 8.91. The van der Waals surface area contributed by atoms with Gasteiger partial charge in [0.1, 0.15) is 35.8 Å². The van der Waals surface area contributed by atoms with E-state index in [2.05, 4.69) is 5.32 Å². The number of ether oxygens (including phenoxy) is 2. The zero-order valence-electron chi connectivity index (χ0n) is 15.2. The van der Waals surface area contributed by atoms with Gasteiger partial charge >= 0.3 is 0 Å². The molecule has 29 heavy (non-hydrogen) atoms. The van der Waals surface area contributed by atoms with Gasteiger partial charge in [-0.25, -0.2) is 0 Å². The number of carbonyl (C=O) groups excluding carboxylic acids is 1. The molecule has 0 saturated heterocycles. The highest BCUT2D eigenvalue weighted by molar-refractivity contribution is 7.17. The van der Waals surface area contributed by atoms with Crippen molar-refractivity contribution in [3.8, 4) is 21.9 Å². The van der Waals surface area contributed by atoms with Gasteiger partial charge in [-0.15, -0.1) is 11.3 Å². The lowest BCUT2D eigenvalue weighted by atomic mass is 10.1. The first-order chi connectivity index (χ1) is 14.0. The van der Waals surface area contributed by atoms with E-state index in [0.717, 1.165) is 21.8 Å². The lowest BCUT2D eigenvalue weighted by Gasteiger charge is -2.16. The molecule has 1 aliphatic heterocycles. The van der Waals surface area contributed by atoms with Crippen LogP contribution in [0.1, 0.15) is 15.2 Å². The summed E-state index contributed by atoms with van der Waals surface area (Å²) in [5.74, 6) is 0.955. The molecule has 0 fully saturated rings. The van der Waals surface area contributed by atoms with Crippen LogP contribution >= 0.6 is 34.5 Å². The summed E-state index contributed by atoms with van der Waals surface area (Å²) in [5.41, 5.74) is 1.97. The summed E-state index contributed by atoms with van der Waals surface area (Å²) < 4.78 is 11.2. The number of aliphatic hydroxyl groups excluding tert-OH is 1. The molecule has 4 rings (SSSR count). The average molecular weight is 450 g/mol. The van der Waals surface area contributed by atoms with Gasteiger partial charge in [-0.3, -0.25) is 4.79 Å². The maximum Gasteiger partial charge on any atom is 0.261 e. The standard InChI is InChI=1S/C21H17Cl2NO4S/c22-15-5-3-7-17(19(15)23)28-11-13(25)9-24-21(26)18-8-12-10-27-16-6-2-1-4-14(16)20(12)29-18/h1-8,13,25H,9-11H2,(H,24,26). The third kappa shape index (κ3) is 4.36. The second-order valence-corrected chi connectivity index (χ2v) is 8.31. The molecule has 3 aromatic rings. The van der Waals surface area contributed by atoms with E-state index in [4.69, 9.17) is 32.7 Å². The van der Waals surface area contributed by atoms with E-state index < -0.39 is 6.10 Å². The van der Waals surface area contributed by atoms with Gasteiger partial charge in [0.25, 0.3) is 5.91 Å². The Labute approximate surface area is 181 Å². The number of thiophene rings is 1. The second kappa shape index (κ2) is 8.63. The predicted octanol–water partition coefficient (Wildman–Crippen LogP) is 4.78. The third-order valence-electron chi connectivity index (χ3n) is 4.39. The molecule has 0 aliphatic carbocycles. The van der Waals surface area contributed by atoms with Crippen molar-refractivity contribution in [2.75, 3.05) is 13.2 Å². The Kier molecular flexibility index (Phi) is 5.96. The van der Waals surface area contributed by atoms with Gasteiger partial charge in [0.15, 0.2) is 0 Å². The van der Waals surface area contributed by atoms with Crippen LogP contribution in [-0.4, -0.2) is 30.3 Å². The van der Waals surface area contributed by atoms with Gasteiger partial charge < -0.3 is 19.9 Å². The average Bonchev–Trinajstić information content (AvgIpc) is 3.18. The van der Waals surface area contributed by atoms with Crippen LogP contribution in [0.15, 0.2) is 48.5 Å². The summed E-state index contributed by atoms with van der Waals surface area (Å²) in [4.78, 5) is 14.1. The largest absolute Gasteiger partial charge is 0.489 e. The molecular formula is C21H17Cl2NO4S. The highest BCUT2D eigenvalue weighted by Crippen LogP contribution is 2.42. The van der Waals surface area contributed by atoms with Crippen molar-refractivity contribution in [2.45, 2.75) is 12.7 Å². The van der Waals surface area contributed by atoms with Gasteiger partial charge in [-0.05, 0) is 30.3 Å². The molecule has 2 aromatic carbocycles. The number of amides is 1. The van der Waals surface area contributed by atoms with Crippen molar-refractivity contribution < 1.29 is 19.4 Å². The van der Waals surface area contributed by atoms with Crippen molar-refractivity contribution in [1.82, 2.24) is 5.32 Å². The molecule has 0 bridgehead atoms. The van der Waals surface area contributed by atoms with E-state index in [0.29, 0.717) is 22.3 Å². The maximum atomic E-state index is 12.5. The molecule has 0 radical (unpaired) electrons. The molecule has 1 aromatic heterocycles. The summed E-state index contributed by atoms with van der Waals surface area (Å²) in [7, 11) is 0. The van der Waals surface area contributed by atoms with Gasteiger partial charge in [0, 0.05) is 22.5 Å². The van der Waals surface area contributed by atoms with E-state index in [1.807, 2.05) is 30.3 Å². The summed E-state index contributed by atoms with van der Waals surface area (Å²) in [5, 5.41) is 13.5. The topological polar surface area (TPSA) is 67.8 Å². The minimum Gasteiger partial charge on any atom is -0.489 e. The zero-order chi connectivity index (χ0) is 20.4. The Balaban J connectivity index is 1.35. The molecule has 2 N–H and O–H groups in total. The molecule has 0 saturated carbocycles. The van der Waals surface area contributed by atoms with E-state index >= 15 is 0 Å². The van der Waals surface area contributed by atoms with Crippen molar-refractivity contribution in [3.63, 3.8) is 0 Å². The smallest absolute Gasteiger partial charge is 0.261 e. The molecular weight excluding hydrogens is 433 g/mol. The summed E-state index contributed by atoms with van der Waals surface area (Å²) in [6, 6.07) is 14.6. The molecule has 1 unspecified atom stereocenters. The van der Waals surface area contributed by atoms with Gasteiger partial charge in [-0.2, -0.15) is 0 Å². The van der Waals surface area contributed by atoms with E-state index in [-0.39, 0.29) is 24.1 Å². The maximum absolute atomic E-state index is 12.5. The SMILES string of the molecule is O=C(NCC(O)COc1cccc(Cl)c1Cl)c1cc2c(s1)-c1ccccc1OC2. The fourth-order valence-electron chi connectivity index (χ4n) is 2.95. The normalized spacial score (nSPS) is 13.1. The number of halogens is 2. The van der Waals surface area contributed by atoms with Crippen LogP contribution in [0, 0.1) is 0 Å². The van der Waals surface area contributed by atoms with Crippen molar-refractivity contribution >= 4 is 40.4 Å². The number of rotatable bonds is 6. The molecule has 1 amide bonds. The third-order valence-corrected chi connectivity index (χ3v) is 6.40. The van der Waals surface area contributed by atoms with Gasteiger partial charge in [0.2, 0.25) is 0 Å². The van der Waals surface area contributed by atoms with Gasteiger partial charge in [0.05, 0.1) is 9.90 Å². The molecule has 5 nitrogen and oxygen atoms in total. The van der Waals surface area contributed by atoms with Crippen molar-refractivity contribution in [2.24, 2.45) is 0 Å². The molecule has 150 valence electrons. The molecule has 2 heterocycles. The summed E-state index contributed by atoms with van der Waals surface area (Å²) >= 11 is 13.4. The first kappa shape index (κ1) is 20.0. The second-order valence-electron chi connectivity index (χ2n) is 6.48. The number of benzene rings is 2. The highest BCUT2D eigenvalue weighted by Gasteiger charge is 2.22. The molecule has 1 atom stereocenters. The quantitative estimate of drug-likeness (QED) is 0.567. The molecule has 8 heteroatoms. The Hall–Kier alpha value is -2.25. The van der Waals surface area contributed by atoms with E-state index in [1.54, 1.807) is 18.2 Å². The number of nitrogens with one attached hydrogen (secondary N) is 1. The van der Waals surface area contributed by atoms with Crippen LogP contribution in [-0.2, 0) is 6.61 Å². The summed E-state index contributed by atoms with van der Waals surface area (Å²) in [6.45, 7) is 0.460. The first-order valence-corrected chi connectivity index (χ1v) is 10.5. The highest BCUT2D eigenvalue weighted by atomic mass is 35.5. The summed E-state index contributed by atoms with van der Waals surface area (Å²) in [6.07, 6.45) is -0.896. The number of hydrogen-bond acceptors (Lipinski definition) is 5. The number of fused-ring (bicyclic) bond motifs is 3. The fraction of sp³-hybridized carbons (Fsp3) is 0.190. The van der Waals surface area contributed by atoms with Crippen LogP contribution in [0.5, 0.6) is 11.5 Å². The van der Waals surface area contributed by atoms with Crippen molar-refractivity contribution in [1.29, 1.82) is 0 Å². The number of hydrogen-bond donors (Lipinski definition) is 2. The number of aliphatic hydroxyl groups is 1. The van der Waals surface area contributed by atoms with Crippen LogP contribution < -0.4 is 14.8 Å². The molecule has 1 aliphatic rings. The Morgan fingerprint density at radius 3 is 2.93 bits per heavy atom. The Bertz CT molecular complexity index is 1050. The van der Waals surface area contributed by atoms with Crippen LogP contribution in [0.2, 0.25) is 10.0 Å². The fourth-order valence-corrected chi connectivity index (χ4v) is 4.41. The van der Waals surface area contributed by atoms with Crippen molar-refractivity contribution in [3.05, 3.63) is 69.0 Å². The van der Waals surface area contributed by atoms with E-state index in [9.17, 15) is 9.90 Å². The predicted molar refractivity (Wildman–Crippen MR) is 114 cm³/mol. The monoisotopic (exact) mass is 449 g/mol. The van der Waals surface area contributed by atoms with Crippen LogP contribution in [0.4, 0.5) is 0 Å². The Morgan fingerprint density at radius 2 is 2.07 bits per heavy atom. The minimum absolute atomic E-state index is 0.0253. The minimum atomic E-state index is -0.896. The zero-order valence-corrected chi connectivity index (χ0v) is 17.5. The number of carbonyl (C=O) groups is 1. The van der Waals surface area contributed by atoms with Crippen LogP contribution in [0.25, 0.3) is 10.4 Å². The van der Waals surface area contributed by atoms with E-state index in [1.165, 1.54) is 11.3 Å².